The Morgan fingerprint density at radius 3 is 2.46 bits per heavy atom. The van der Waals surface area contributed by atoms with Gasteiger partial charge in [-0.05, 0) is 48.6 Å². The van der Waals surface area contributed by atoms with Gasteiger partial charge in [-0.15, -0.1) is 15.0 Å². The monoisotopic (exact) mass is 353 g/mol. The second kappa shape index (κ2) is 7.99. The summed E-state index contributed by atoms with van der Waals surface area (Å²) in [5.41, 5.74) is 3.87. The Morgan fingerprint density at radius 2 is 1.85 bits per heavy atom. The maximum atomic E-state index is 11.5. The second-order valence-corrected chi connectivity index (χ2v) is 6.28. The number of hydrogen-bond donors (Lipinski definition) is 1. The lowest BCUT2D eigenvalue weighted by molar-refractivity contribution is -0.140. The van der Waals surface area contributed by atoms with Gasteiger partial charge in [-0.1, -0.05) is 31.5 Å². The normalized spacial score (nSPS) is 11.0. The third kappa shape index (κ3) is 3.85. The number of methoxy groups -OCH3 is 1. The molecule has 3 rings (SSSR count). The highest BCUT2D eigenvalue weighted by Crippen LogP contribution is 2.30. The molecule has 1 aromatic heterocycles. The Morgan fingerprint density at radius 1 is 1.15 bits per heavy atom. The van der Waals surface area contributed by atoms with E-state index >= 15 is 0 Å². The molecule has 0 aliphatic heterocycles. The average Bonchev–Trinajstić information content (AvgIpc) is 3.09. The predicted octanol–water partition coefficient (Wildman–Crippen LogP) is 3.57. The van der Waals surface area contributed by atoms with E-state index in [1.54, 1.807) is 0 Å². The zero-order chi connectivity index (χ0) is 18.5. The topological polar surface area (TPSA) is 77.2 Å². The van der Waals surface area contributed by atoms with Crippen LogP contribution < -0.4 is 0 Å². The first-order valence-electron chi connectivity index (χ1n) is 8.86. The fraction of sp³-hybridized carbons (Fsp3) is 0.350. The van der Waals surface area contributed by atoms with Gasteiger partial charge in [-0.25, -0.2) is 0 Å². The molecule has 0 aliphatic rings. The predicted molar refractivity (Wildman–Crippen MR) is 99.5 cm³/mol. The Labute approximate surface area is 152 Å². The van der Waals surface area contributed by atoms with Gasteiger partial charge in [0.1, 0.15) is 22.5 Å². The molecular formula is C20H23N3O3. The van der Waals surface area contributed by atoms with Gasteiger partial charge in [0.15, 0.2) is 0 Å². The molecular weight excluding hydrogens is 330 g/mol. The SMILES string of the molecule is CCCCc1cc(CCC(=O)OC)cc(-n2nc3ccccc3n2)c1O. The lowest BCUT2D eigenvalue weighted by Crippen LogP contribution is -2.05. The Balaban J connectivity index is 2.02. The van der Waals surface area contributed by atoms with Crippen molar-refractivity contribution in [3.05, 3.63) is 47.5 Å². The van der Waals surface area contributed by atoms with Crippen LogP contribution in [0.5, 0.6) is 5.75 Å². The van der Waals surface area contributed by atoms with E-state index in [9.17, 15) is 9.90 Å². The van der Waals surface area contributed by atoms with Crippen molar-refractivity contribution in [1.82, 2.24) is 15.0 Å². The number of esters is 1. The highest BCUT2D eigenvalue weighted by Gasteiger charge is 2.15. The van der Waals surface area contributed by atoms with E-state index in [1.807, 2.05) is 36.4 Å². The van der Waals surface area contributed by atoms with Crippen molar-refractivity contribution in [3.8, 4) is 11.4 Å². The standard InChI is InChI=1S/C20H23N3O3/c1-3-4-7-15-12-14(10-11-19(24)26-2)13-18(20(15)25)23-21-16-8-5-6-9-17(16)22-23/h5-6,8-9,12-13,25H,3-4,7,10-11H2,1-2H3. The summed E-state index contributed by atoms with van der Waals surface area (Å²) < 4.78 is 4.73. The molecule has 3 aromatic rings. The van der Waals surface area contributed by atoms with Crippen LogP contribution in [0.2, 0.25) is 0 Å². The van der Waals surface area contributed by atoms with E-state index in [2.05, 4.69) is 17.1 Å². The van der Waals surface area contributed by atoms with Crippen LogP contribution in [0.4, 0.5) is 0 Å². The Bertz CT molecular complexity index is 885. The minimum atomic E-state index is -0.252. The van der Waals surface area contributed by atoms with Crippen LogP contribution in [0.15, 0.2) is 36.4 Å². The third-order valence-electron chi connectivity index (χ3n) is 4.38. The molecule has 0 atom stereocenters. The number of phenols is 1. The molecule has 0 unspecified atom stereocenters. The highest BCUT2D eigenvalue weighted by atomic mass is 16.5. The molecule has 0 saturated carbocycles. The van der Waals surface area contributed by atoms with Gasteiger partial charge in [0.05, 0.1) is 7.11 Å². The fourth-order valence-electron chi connectivity index (χ4n) is 2.91. The van der Waals surface area contributed by atoms with Gasteiger partial charge in [0.2, 0.25) is 0 Å². The number of hydrogen-bond acceptors (Lipinski definition) is 5. The van der Waals surface area contributed by atoms with Gasteiger partial charge in [0, 0.05) is 6.42 Å². The van der Waals surface area contributed by atoms with Crippen molar-refractivity contribution in [2.45, 2.75) is 39.0 Å². The van der Waals surface area contributed by atoms with Gasteiger partial charge in [0.25, 0.3) is 0 Å². The first kappa shape index (κ1) is 17.9. The molecule has 2 aromatic carbocycles. The van der Waals surface area contributed by atoms with E-state index in [0.29, 0.717) is 18.5 Å². The minimum absolute atomic E-state index is 0.195. The maximum Gasteiger partial charge on any atom is 0.305 e. The molecule has 0 aliphatic carbocycles. The maximum absolute atomic E-state index is 11.5. The number of fused-ring (bicyclic) bond motifs is 1. The summed E-state index contributed by atoms with van der Waals surface area (Å²) in [4.78, 5) is 12.9. The van der Waals surface area contributed by atoms with Crippen LogP contribution in [-0.4, -0.2) is 33.2 Å². The number of carbonyl (C=O) groups is 1. The summed E-state index contributed by atoms with van der Waals surface area (Å²) in [7, 11) is 1.39. The molecule has 0 radical (unpaired) electrons. The molecule has 0 fully saturated rings. The van der Waals surface area contributed by atoms with E-state index in [1.165, 1.54) is 11.9 Å². The molecule has 136 valence electrons. The molecule has 1 heterocycles. The minimum Gasteiger partial charge on any atom is -0.505 e. The zero-order valence-electron chi connectivity index (χ0n) is 15.1. The van der Waals surface area contributed by atoms with Gasteiger partial charge in [-0.3, -0.25) is 4.79 Å². The van der Waals surface area contributed by atoms with Crippen LogP contribution in [0.25, 0.3) is 16.7 Å². The number of nitrogens with zero attached hydrogens (tertiary/aromatic N) is 3. The van der Waals surface area contributed by atoms with Crippen LogP contribution in [0, 0.1) is 0 Å². The lowest BCUT2D eigenvalue weighted by atomic mass is 10.0. The summed E-state index contributed by atoms with van der Waals surface area (Å²) in [6.45, 7) is 2.11. The lowest BCUT2D eigenvalue weighted by Gasteiger charge is -2.12. The van der Waals surface area contributed by atoms with Gasteiger partial charge in [-0.2, -0.15) is 0 Å². The van der Waals surface area contributed by atoms with Crippen LogP contribution in [0.1, 0.15) is 37.3 Å². The van der Waals surface area contributed by atoms with Crippen molar-refractivity contribution in [3.63, 3.8) is 0 Å². The largest absolute Gasteiger partial charge is 0.505 e. The van der Waals surface area contributed by atoms with E-state index in [-0.39, 0.29) is 11.7 Å². The number of rotatable bonds is 7. The fourth-order valence-corrected chi connectivity index (χ4v) is 2.91. The quantitative estimate of drug-likeness (QED) is 0.657. The van der Waals surface area contributed by atoms with Crippen molar-refractivity contribution < 1.29 is 14.6 Å². The van der Waals surface area contributed by atoms with Gasteiger partial charge >= 0.3 is 5.97 Å². The second-order valence-electron chi connectivity index (χ2n) is 6.28. The van der Waals surface area contributed by atoms with Crippen molar-refractivity contribution in [1.29, 1.82) is 0 Å². The summed E-state index contributed by atoms with van der Waals surface area (Å²) in [6, 6.07) is 11.4. The summed E-state index contributed by atoms with van der Waals surface area (Å²) in [5.74, 6) is -0.0572. The third-order valence-corrected chi connectivity index (χ3v) is 4.38. The first-order valence-corrected chi connectivity index (χ1v) is 8.86. The highest BCUT2D eigenvalue weighted by molar-refractivity contribution is 5.74. The zero-order valence-corrected chi connectivity index (χ0v) is 15.1. The Kier molecular flexibility index (Phi) is 5.51. The molecule has 6 heteroatoms. The first-order chi connectivity index (χ1) is 12.6. The number of aromatic hydroxyl groups is 1. The van der Waals surface area contributed by atoms with Crippen molar-refractivity contribution >= 4 is 17.0 Å². The molecule has 0 bridgehead atoms. The van der Waals surface area contributed by atoms with Crippen LogP contribution >= 0.6 is 0 Å². The molecule has 26 heavy (non-hydrogen) atoms. The number of ether oxygens (including phenoxy) is 1. The molecule has 1 N–H and O–H groups in total. The Hall–Kier alpha value is -2.89. The number of phenolic OH excluding ortho intramolecular Hbond substituents is 1. The number of benzene rings is 2. The molecule has 6 nitrogen and oxygen atoms in total. The number of unbranched alkanes of at least 4 members (excludes halogenated alkanes) is 1. The molecule has 0 spiro atoms. The van der Waals surface area contributed by atoms with Crippen LogP contribution in [0.3, 0.4) is 0 Å². The summed E-state index contributed by atoms with van der Waals surface area (Å²) in [6.07, 6.45) is 3.61. The summed E-state index contributed by atoms with van der Waals surface area (Å²) in [5, 5.41) is 19.7. The number of aromatic nitrogens is 3. The smallest absolute Gasteiger partial charge is 0.305 e. The number of carbonyl (C=O) groups excluding carboxylic acids is 1. The van der Waals surface area contributed by atoms with Crippen molar-refractivity contribution in [2.24, 2.45) is 0 Å². The van der Waals surface area contributed by atoms with E-state index in [0.717, 1.165) is 41.4 Å². The van der Waals surface area contributed by atoms with Crippen LogP contribution in [-0.2, 0) is 22.4 Å². The van der Waals surface area contributed by atoms with Crippen molar-refractivity contribution in [2.75, 3.05) is 7.11 Å². The molecule has 0 saturated heterocycles. The van der Waals surface area contributed by atoms with E-state index in [4.69, 9.17) is 4.74 Å². The molecule has 0 amide bonds. The van der Waals surface area contributed by atoms with Gasteiger partial charge < -0.3 is 9.84 Å². The number of aryl methyl sites for hydroxylation is 2. The van der Waals surface area contributed by atoms with E-state index < -0.39 is 0 Å². The summed E-state index contributed by atoms with van der Waals surface area (Å²) >= 11 is 0. The average molecular weight is 353 g/mol.